The van der Waals surface area contributed by atoms with Gasteiger partial charge in [0, 0.05) is 23.7 Å². The number of H-pyrrole nitrogens is 1. The lowest BCUT2D eigenvalue weighted by molar-refractivity contribution is 0.0984. The van der Waals surface area contributed by atoms with Gasteiger partial charge in [0.05, 0.1) is 53.4 Å². The quantitative estimate of drug-likeness (QED) is 0.127. The number of fused-ring (bicyclic) bond motifs is 1. The van der Waals surface area contributed by atoms with Gasteiger partial charge in [-0.15, -0.1) is 0 Å². The molecule has 1 saturated carbocycles. The van der Waals surface area contributed by atoms with E-state index in [0.717, 1.165) is 53.4 Å². The Morgan fingerprint density at radius 3 is 2.68 bits per heavy atom. The lowest BCUT2D eigenvalue weighted by Crippen LogP contribution is -2.33. The third kappa shape index (κ3) is 5.54. The third-order valence-corrected chi connectivity index (χ3v) is 9.74. The van der Waals surface area contributed by atoms with E-state index in [9.17, 15) is 13.7 Å². The first kappa shape index (κ1) is 28.5. The molecule has 1 saturated heterocycles. The van der Waals surface area contributed by atoms with E-state index >= 15 is 0 Å². The number of halogens is 1. The third-order valence-electron chi connectivity index (χ3n) is 8.25. The second-order valence-corrected chi connectivity index (χ2v) is 12.8. The van der Waals surface area contributed by atoms with Crippen molar-refractivity contribution in [1.82, 2.24) is 14.8 Å². The van der Waals surface area contributed by atoms with Crippen molar-refractivity contribution in [3.8, 4) is 17.2 Å². The number of aromatic nitrogens is 3. The fourth-order valence-corrected chi connectivity index (χ4v) is 6.86. The molecule has 3 heterocycles. The second-order valence-electron chi connectivity index (χ2n) is 11.4. The minimum Gasteiger partial charge on any atom is -0.593 e. The number of carbonyl (C=O) groups is 1. The van der Waals surface area contributed by atoms with E-state index in [1.807, 2.05) is 19.1 Å². The number of aryl methyl sites for hydroxylation is 1. The molecule has 0 amide bonds. The molecule has 0 spiro atoms. The highest BCUT2D eigenvalue weighted by Gasteiger charge is 2.31. The van der Waals surface area contributed by atoms with Gasteiger partial charge in [-0.05, 0) is 85.3 Å². The minimum atomic E-state index is -1.23. The summed E-state index contributed by atoms with van der Waals surface area (Å²) in [6.45, 7) is 3.12. The first-order chi connectivity index (χ1) is 21.4. The zero-order valence-electron chi connectivity index (χ0n) is 24.1. The predicted molar refractivity (Wildman–Crippen MR) is 168 cm³/mol. The van der Waals surface area contributed by atoms with E-state index in [2.05, 4.69) is 20.9 Å². The van der Waals surface area contributed by atoms with Crippen LogP contribution >= 0.6 is 0 Å². The molecule has 5 aromatic rings. The molecule has 1 atom stereocenters. The van der Waals surface area contributed by atoms with Gasteiger partial charge >= 0.3 is 0 Å². The molecule has 11 heteroatoms. The van der Waals surface area contributed by atoms with Crippen LogP contribution in [0.1, 0.15) is 58.8 Å². The van der Waals surface area contributed by atoms with Crippen molar-refractivity contribution in [2.75, 3.05) is 23.7 Å². The molecule has 2 fully saturated rings. The number of nitrogens with one attached hydrogen (secondary N) is 2. The van der Waals surface area contributed by atoms with Crippen molar-refractivity contribution in [3.63, 3.8) is 0 Å². The largest absolute Gasteiger partial charge is 0.593 e. The lowest BCUT2D eigenvalue weighted by Gasteiger charge is -2.25. The van der Waals surface area contributed by atoms with Crippen LogP contribution in [0.3, 0.4) is 0 Å². The molecule has 7 rings (SSSR count). The summed E-state index contributed by atoms with van der Waals surface area (Å²) in [6, 6.07) is 17.3. The van der Waals surface area contributed by atoms with Crippen molar-refractivity contribution >= 4 is 39.6 Å². The number of nitrogens with two attached hydrogens (primary N) is 1. The SMILES string of the molecule is Cc1cc(Oc2ccccc2F)ccc1-n1ncc(C(=O)c2cc3cc(C4CC4)c(N[S+]([O-])C4CCOCC4)cc3[nH]2)c1N. The predicted octanol–water partition coefficient (Wildman–Crippen LogP) is 6.54. The van der Waals surface area contributed by atoms with Gasteiger partial charge in [0.25, 0.3) is 0 Å². The van der Waals surface area contributed by atoms with Gasteiger partial charge in [0.1, 0.15) is 16.8 Å². The molecule has 0 bridgehead atoms. The molecular weight excluding hydrogens is 581 g/mol. The minimum absolute atomic E-state index is 0.0472. The molecule has 9 nitrogen and oxygen atoms in total. The molecule has 1 aliphatic carbocycles. The van der Waals surface area contributed by atoms with E-state index in [-0.39, 0.29) is 28.2 Å². The summed E-state index contributed by atoms with van der Waals surface area (Å²) < 4.78 is 43.1. The van der Waals surface area contributed by atoms with Gasteiger partial charge in [-0.25, -0.2) is 13.8 Å². The Morgan fingerprint density at radius 2 is 1.93 bits per heavy atom. The van der Waals surface area contributed by atoms with E-state index in [1.165, 1.54) is 16.9 Å². The molecule has 3 aromatic carbocycles. The summed E-state index contributed by atoms with van der Waals surface area (Å²) >= 11 is -1.23. The van der Waals surface area contributed by atoms with Crippen LogP contribution in [-0.2, 0) is 16.1 Å². The van der Waals surface area contributed by atoms with Crippen LogP contribution in [0.5, 0.6) is 11.5 Å². The number of nitrogens with zero attached hydrogens (tertiary/aromatic N) is 2. The first-order valence-corrected chi connectivity index (χ1v) is 15.9. The standard InChI is InChI=1S/C33H32FN5O4S/c1-19-14-22(43-31-5-3-2-4-26(31)34)8-9-30(19)39-33(35)25(18-36-39)32(40)29-16-21-15-24(20-6-7-20)28(17-27(21)37-29)38-44(41)23-10-12-42-13-11-23/h2-5,8-9,14-18,20,23,37-38H,6-7,10-13,35H2,1H3. The van der Waals surface area contributed by atoms with Crippen LogP contribution in [0, 0.1) is 12.7 Å². The van der Waals surface area contributed by atoms with Gasteiger partial charge in [0.15, 0.2) is 11.6 Å². The van der Waals surface area contributed by atoms with Gasteiger partial charge in [0.2, 0.25) is 5.78 Å². The summed E-state index contributed by atoms with van der Waals surface area (Å²) in [5.74, 6) is 0.481. The number of benzene rings is 3. The molecule has 1 aliphatic heterocycles. The molecule has 226 valence electrons. The van der Waals surface area contributed by atoms with Crippen molar-refractivity contribution in [3.05, 3.63) is 95.1 Å². The Balaban J connectivity index is 1.14. The average molecular weight is 614 g/mol. The fraction of sp³-hybridized carbons (Fsp3) is 0.273. The smallest absolute Gasteiger partial charge is 0.214 e. The Kier molecular flexibility index (Phi) is 7.53. The topological polar surface area (TPSA) is 130 Å². The number of aromatic amines is 1. The molecule has 2 aromatic heterocycles. The highest BCUT2D eigenvalue weighted by molar-refractivity contribution is 7.93. The number of anilines is 2. The maximum atomic E-state index is 14.0. The van der Waals surface area contributed by atoms with Crippen LogP contribution in [0.25, 0.3) is 16.6 Å². The van der Waals surface area contributed by atoms with Crippen molar-refractivity contribution in [2.45, 2.75) is 43.8 Å². The molecule has 4 N–H and O–H groups in total. The number of nitrogen functional groups attached to an aromatic ring is 1. The monoisotopic (exact) mass is 613 g/mol. The fourth-order valence-electron chi connectivity index (χ4n) is 5.68. The summed E-state index contributed by atoms with van der Waals surface area (Å²) in [5.41, 5.74) is 11.3. The van der Waals surface area contributed by atoms with Crippen molar-refractivity contribution in [1.29, 1.82) is 0 Å². The average Bonchev–Trinajstić information content (AvgIpc) is 3.68. The second kappa shape index (κ2) is 11.6. The maximum absolute atomic E-state index is 14.0. The van der Waals surface area contributed by atoms with E-state index in [0.29, 0.717) is 36.3 Å². The number of ketones is 1. The summed E-state index contributed by atoms with van der Waals surface area (Å²) in [5, 5.41) is 5.37. The molecular formula is C33H32FN5O4S. The van der Waals surface area contributed by atoms with Crippen LogP contribution in [0.4, 0.5) is 15.9 Å². The normalized spacial score (nSPS) is 16.2. The van der Waals surface area contributed by atoms with Crippen LogP contribution in [0.2, 0.25) is 0 Å². The van der Waals surface area contributed by atoms with Crippen LogP contribution < -0.4 is 15.2 Å². The summed E-state index contributed by atoms with van der Waals surface area (Å²) in [6.07, 6.45) is 5.17. The highest BCUT2D eigenvalue weighted by atomic mass is 32.2. The number of carbonyl (C=O) groups excluding carboxylic acids is 1. The Morgan fingerprint density at radius 1 is 1.14 bits per heavy atom. The first-order valence-electron chi connectivity index (χ1n) is 14.7. The molecule has 1 unspecified atom stereocenters. The number of hydrogen-bond acceptors (Lipinski definition) is 7. The Labute approximate surface area is 256 Å². The number of rotatable bonds is 9. The van der Waals surface area contributed by atoms with Crippen LogP contribution in [0.15, 0.2) is 66.9 Å². The van der Waals surface area contributed by atoms with Gasteiger partial charge in [-0.3, -0.25) is 4.79 Å². The highest BCUT2D eigenvalue weighted by Crippen LogP contribution is 2.45. The number of ether oxygens (including phenoxy) is 2. The van der Waals surface area contributed by atoms with Gasteiger partial charge < -0.3 is 24.7 Å². The lowest BCUT2D eigenvalue weighted by atomic mass is 10.1. The number of hydrogen-bond donors (Lipinski definition) is 3. The molecule has 0 radical (unpaired) electrons. The zero-order valence-corrected chi connectivity index (χ0v) is 25.0. The zero-order chi connectivity index (χ0) is 30.4. The van der Waals surface area contributed by atoms with Crippen molar-refractivity contribution in [2.24, 2.45) is 0 Å². The van der Waals surface area contributed by atoms with E-state index in [1.54, 1.807) is 36.4 Å². The number of para-hydroxylation sites is 1. The summed E-state index contributed by atoms with van der Waals surface area (Å²) in [7, 11) is 0. The van der Waals surface area contributed by atoms with Crippen molar-refractivity contribution < 1.29 is 23.2 Å². The maximum Gasteiger partial charge on any atom is 0.214 e. The Hall–Kier alpha value is -4.32. The molecule has 2 aliphatic rings. The van der Waals surface area contributed by atoms with Gasteiger partial charge in [-0.1, -0.05) is 12.1 Å². The molecule has 44 heavy (non-hydrogen) atoms. The Bertz CT molecular complexity index is 1860. The van der Waals surface area contributed by atoms with E-state index in [4.69, 9.17) is 15.2 Å². The van der Waals surface area contributed by atoms with Gasteiger partial charge in [-0.2, -0.15) is 5.10 Å². The van der Waals surface area contributed by atoms with E-state index < -0.39 is 17.2 Å². The van der Waals surface area contributed by atoms with Crippen LogP contribution in [-0.4, -0.2) is 43.6 Å². The summed E-state index contributed by atoms with van der Waals surface area (Å²) in [4.78, 5) is 16.9.